The van der Waals surface area contributed by atoms with Gasteiger partial charge in [-0.05, 0) is 31.4 Å². The van der Waals surface area contributed by atoms with Crippen LogP contribution >= 0.6 is 0 Å². The van der Waals surface area contributed by atoms with Crippen molar-refractivity contribution in [1.82, 2.24) is 4.98 Å². The van der Waals surface area contributed by atoms with Gasteiger partial charge in [-0.2, -0.15) is 0 Å². The molecule has 0 aliphatic carbocycles. The molecule has 0 spiro atoms. The monoisotopic (exact) mass is 276 g/mol. The Kier molecular flexibility index (Phi) is 8.04. The summed E-state index contributed by atoms with van der Waals surface area (Å²) in [5, 5.41) is 11.4. The summed E-state index contributed by atoms with van der Waals surface area (Å²) in [7, 11) is 0. The lowest BCUT2D eigenvalue weighted by atomic mass is 10.3. The standard InChI is InChI=1S/C15H20N2O3/c1-2-20-12-6-10-15(19)17-14-9-5-8-13(16-14)7-3-4-11-18/h5,8-9,18H,2,4,6,10-12H2,1H3,(H,16,17,19). The van der Waals surface area contributed by atoms with Crippen LogP contribution in [0.1, 0.15) is 31.9 Å². The van der Waals surface area contributed by atoms with Crippen LogP contribution in [0.3, 0.4) is 0 Å². The Hall–Kier alpha value is -1.90. The van der Waals surface area contributed by atoms with E-state index in [2.05, 4.69) is 22.1 Å². The minimum atomic E-state index is -0.0855. The van der Waals surface area contributed by atoms with Crippen molar-refractivity contribution in [3.63, 3.8) is 0 Å². The Morgan fingerprint density at radius 2 is 2.35 bits per heavy atom. The van der Waals surface area contributed by atoms with Gasteiger partial charge in [-0.1, -0.05) is 12.0 Å². The number of amides is 1. The fraction of sp³-hybridized carbons (Fsp3) is 0.467. The number of rotatable bonds is 7. The molecule has 1 aromatic rings. The van der Waals surface area contributed by atoms with Crippen LogP contribution in [0.5, 0.6) is 0 Å². The predicted octanol–water partition coefficient (Wildman–Crippen LogP) is 1.57. The summed E-state index contributed by atoms with van der Waals surface area (Å²) >= 11 is 0. The van der Waals surface area contributed by atoms with Crippen molar-refractivity contribution in [2.45, 2.75) is 26.2 Å². The first-order valence-electron chi connectivity index (χ1n) is 6.70. The van der Waals surface area contributed by atoms with E-state index >= 15 is 0 Å². The van der Waals surface area contributed by atoms with Crippen LogP contribution < -0.4 is 5.32 Å². The van der Waals surface area contributed by atoms with Gasteiger partial charge in [0.25, 0.3) is 0 Å². The average molecular weight is 276 g/mol. The first kappa shape index (κ1) is 16.2. The van der Waals surface area contributed by atoms with Crippen molar-refractivity contribution in [3.05, 3.63) is 23.9 Å². The Balaban J connectivity index is 2.45. The molecule has 5 heteroatoms. The Bertz CT molecular complexity index is 477. The number of carbonyl (C=O) groups is 1. The molecule has 0 aromatic carbocycles. The number of carbonyl (C=O) groups excluding carboxylic acids is 1. The molecule has 20 heavy (non-hydrogen) atoms. The first-order valence-corrected chi connectivity index (χ1v) is 6.70. The lowest BCUT2D eigenvalue weighted by Crippen LogP contribution is -2.13. The zero-order valence-electron chi connectivity index (χ0n) is 11.7. The van der Waals surface area contributed by atoms with E-state index in [0.717, 1.165) is 0 Å². The molecule has 0 atom stereocenters. The second-order valence-corrected chi connectivity index (χ2v) is 4.03. The molecule has 1 amide bonds. The van der Waals surface area contributed by atoms with Gasteiger partial charge in [-0.25, -0.2) is 4.98 Å². The number of hydrogen-bond donors (Lipinski definition) is 2. The van der Waals surface area contributed by atoms with E-state index in [-0.39, 0.29) is 12.5 Å². The summed E-state index contributed by atoms with van der Waals surface area (Å²) in [6.45, 7) is 3.21. The maximum absolute atomic E-state index is 11.7. The highest BCUT2D eigenvalue weighted by atomic mass is 16.5. The molecule has 0 aliphatic heterocycles. The second kappa shape index (κ2) is 9.96. The van der Waals surface area contributed by atoms with E-state index in [4.69, 9.17) is 9.84 Å². The molecule has 0 aliphatic rings. The number of aliphatic hydroxyl groups is 1. The lowest BCUT2D eigenvalue weighted by Gasteiger charge is -2.04. The fourth-order valence-electron chi connectivity index (χ4n) is 1.47. The maximum atomic E-state index is 11.7. The quantitative estimate of drug-likeness (QED) is 0.586. The molecule has 0 unspecified atom stereocenters. The van der Waals surface area contributed by atoms with E-state index in [9.17, 15) is 4.79 Å². The van der Waals surface area contributed by atoms with Gasteiger partial charge in [0.1, 0.15) is 11.5 Å². The topological polar surface area (TPSA) is 71.5 Å². The molecule has 0 radical (unpaired) electrons. The van der Waals surface area contributed by atoms with E-state index in [1.165, 1.54) is 0 Å². The molecular weight excluding hydrogens is 256 g/mol. The van der Waals surface area contributed by atoms with Crippen LogP contribution in [0.2, 0.25) is 0 Å². The first-order chi connectivity index (χ1) is 9.76. The van der Waals surface area contributed by atoms with Gasteiger partial charge in [-0.15, -0.1) is 0 Å². The number of ether oxygens (including phenoxy) is 1. The molecule has 5 nitrogen and oxygen atoms in total. The summed E-state index contributed by atoms with van der Waals surface area (Å²) in [5.41, 5.74) is 0.575. The normalized spacial score (nSPS) is 9.70. The average Bonchev–Trinajstić information content (AvgIpc) is 2.44. The SMILES string of the molecule is CCOCCCC(=O)Nc1cccc(C#CCCO)n1. The van der Waals surface area contributed by atoms with Gasteiger partial charge in [0.15, 0.2) is 0 Å². The second-order valence-electron chi connectivity index (χ2n) is 4.03. The third-order valence-electron chi connectivity index (χ3n) is 2.37. The van der Waals surface area contributed by atoms with Gasteiger partial charge in [0.05, 0.1) is 6.61 Å². The molecule has 1 rings (SSSR count). The molecule has 0 fully saturated rings. The highest BCUT2D eigenvalue weighted by molar-refractivity contribution is 5.89. The molecule has 0 saturated carbocycles. The summed E-state index contributed by atoms with van der Waals surface area (Å²) in [4.78, 5) is 15.9. The highest BCUT2D eigenvalue weighted by Crippen LogP contribution is 2.05. The molecule has 0 bridgehead atoms. The lowest BCUT2D eigenvalue weighted by molar-refractivity contribution is -0.116. The number of aliphatic hydroxyl groups excluding tert-OH is 1. The van der Waals surface area contributed by atoms with E-state index in [0.29, 0.717) is 44.0 Å². The molecular formula is C15H20N2O3. The highest BCUT2D eigenvalue weighted by Gasteiger charge is 2.03. The summed E-state index contributed by atoms with van der Waals surface area (Å²) < 4.78 is 5.17. The summed E-state index contributed by atoms with van der Waals surface area (Å²) in [6, 6.07) is 5.26. The molecule has 108 valence electrons. The third-order valence-corrected chi connectivity index (χ3v) is 2.37. The van der Waals surface area contributed by atoms with Crippen molar-refractivity contribution >= 4 is 11.7 Å². The van der Waals surface area contributed by atoms with Crippen molar-refractivity contribution in [2.24, 2.45) is 0 Å². The van der Waals surface area contributed by atoms with Crippen LogP contribution in [-0.2, 0) is 9.53 Å². The maximum Gasteiger partial charge on any atom is 0.225 e. The van der Waals surface area contributed by atoms with Crippen LogP contribution in [0.25, 0.3) is 0 Å². The third kappa shape index (κ3) is 6.88. The van der Waals surface area contributed by atoms with Gasteiger partial charge >= 0.3 is 0 Å². The minimum absolute atomic E-state index is 0.0310. The molecule has 1 aromatic heterocycles. The van der Waals surface area contributed by atoms with E-state index in [1.54, 1.807) is 18.2 Å². The summed E-state index contributed by atoms with van der Waals surface area (Å²) in [5.74, 6) is 6.02. The van der Waals surface area contributed by atoms with Crippen LogP contribution in [0.4, 0.5) is 5.82 Å². The van der Waals surface area contributed by atoms with Gasteiger partial charge in [0, 0.05) is 26.1 Å². The number of anilines is 1. The van der Waals surface area contributed by atoms with Crippen LogP contribution in [0, 0.1) is 11.8 Å². The largest absolute Gasteiger partial charge is 0.395 e. The van der Waals surface area contributed by atoms with E-state index < -0.39 is 0 Å². The van der Waals surface area contributed by atoms with Crippen molar-refractivity contribution in [3.8, 4) is 11.8 Å². The van der Waals surface area contributed by atoms with Crippen LogP contribution in [-0.4, -0.2) is 35.8 Å². The predicted molar refractivity (Wildman–Crippen MR) is 77.2 cm³/mol. The Morgan fingerprint density at radius 1 is 1.50 bits per heavy atom. The molecule has 2 N–H and O–H groups in total. The number of nitrogens with zero attached hydrogens (tertiary/aromatic N) is 1. The van der Waals surface area contributed by atoms with Crippen molar-refractivity contribution in [1.29, 1.82) is 0 Å². The molecule has 1 heterocycles. The van der Waals surface area contributed by atoms with Crippen molar-refractivity contribution < 1.29 is 14.6 Å². The Labute approximate surface area is 119 Å². The number of nitrogens with one attached hydrogen (secondary N) is 1. The van der Waals surface area contributed by atoms with Crippen molar-refractivity contribution in [2.75, 3.05) is 25.1 Å². The van der Waals surface area contributed by atoms with Gasteiger partial charge in [-0.3, -0.25) is 4.79 Å². The fourth-order valence-corrected chi connectivity index (χ4v) is 1.47. The van der Waals surface area contributed by atoms with Gasteiger partial charge < -0.3 is 15.2 Å². The number of pyridine rings is 1. The minimum Gasteiger partial charge on any atom is -0.395 e. The summed E-state index contributed by atoms with van der Waals surface area (Å²) in [6.07, 6.45) is 1.51. The number of aromatic nitrogens is 1. The van der Waals surface area contributed by atoms with Gasteiger partial charge in [0.2, 0.25) is 5.91 Å². The zero-order chi connectivity index (χ0) is 14.6. The zero-order valence-corrected chi connectivity index (χ0v) is 11.7. The van der Waals surface area contributed by atoms with E-state index in [1.807, 2.05) is 6.92 Å². The molecule has 0 saturated heterocycles. The Morgan fingerprint density at radius 3 is 3.10 bits per heavy atom. The smallest absolute Gasteiger partial charge is 0.225 e. The number of hydrogen-bond acceptors (Lipinski definition) is 4. The van der Waals surface area contributed by atoms with Crippen LogP contribution in [0.15, 0.2) is 18.2 Å².